The molecule has 0 bridgehead atoms. The second-order valence-electron chi connectivity index (χ2n) is 6.39. The number of phenols is 1. The van der Waals surface area contributed by atoms with Gasteiger partial charge in [0.25, 0.3) is 0 Å². The molecule has 0 aliphatic heterocycles. The molecule has 0 saturated carbocycles. The average Bonchev–Trinajstić information content (AvgIpc) is 2.68. The van der Waals surface area contributed by atoms with Crippen LogP contribution in [-0.4, -0.2) is 23.3 Å². The summed E-state index contributed by atoms with van der Waals surface area (Å²) in [4.78, 5) is 0. The van der Waals surface area contributed by atoms with Gasteiger partial charge in [0.15, 0.2) is 0 Å². The molecule has 4 nitrogen and oxygen atoms in total. The van der Waals surface area contributed by atoms with E-state index in [2.05, 4.69) is 22.8 Å². The van der Waals surface area contributed by atoms with Gasteiger partial charge in [0.1, 0.15) is 5.75 Å². The van der Waals surface area contributed by atoms with E-state index < -0.39 is 6.10 Å². The molecule has 0 fully saturated rings. The summed E-state index contributed by atoms with van der Waals surface area (Å²) in [5.74, 6) is 0.254. The van der Waals surface area contributed by atoms with Gasteiger partial charge in [0.05, 0.1) is 6.10 Å². The van der Waals surface area contributed by atoms with E-state index in [1.807, 2.05) is 36.4 Å². The number of phenolic OH excluding ortho intramolecular Hbond substituents is 1. The van der Waals surface area contributed by atoms with Gasteiger partial charge in [0.2, 0.25) is 0 Å². The minimum absolute atomic E-state index is 0.254. The van der Waals surface area contributed by atoms with Crippen LogP contribution in [0.1, 0.15) is 17.2 Å². The van der Waals surface area contributed by atoms with Gasteiger partial charge in [-0.1, -0.05) is 35.9 Å². The van der Waals surface area contributed by atoms with Crippen LogP contribution in [0.5, 0.6) is 5.75 Å². The molecule has 0 aliphatic carbocycles. The van der Waals surface area contributed by atoms with Gasteiger partial charge >= 0.3 is 0 Å². The molecule has 0 radical (unpaired) electrons. The number of anilines is 2. The van der Waals surface area contributed by atoms with Crippen LogP contribution in [0.2, 0.25) is 5.02 Å². The Morgan fingerprint density at radius 1 is 0.889 bits per heavy atom. The fourth-order valence-electron chi connectivity index (χ4n) is 2.77. The third-order valence-electron chi connectivity index (χ3n) is 4.27. The van der Waals surface area contributed by atoms with Gasteiger partial charge in [-0.05, 0) is 72.6 Å². The average molecular weight is 383 g/mol. The van der Waals surface area contributed by atoms with Crippen molar-refractivity contribution in [1.82, 2.24) is 5.32 Å². The van der Waals surface area contributed by atoms with Crippen LogP contribution in [0.15, 0.2) is 72.8 Å². The van der Waals surface area contributed by atoms with Crippen molar-refractivity contribution in [2.45, 2.75) is 12.5 Å². The van der Waals surface area contributed by atoms with Gasteiger partial charge in [-0.3, -0.25) is 0 Å². The van der Waals surface area contributed by atoms with Gasteiger partial charge < -0.3 is 20.8 Å². The van der Waals surface area contributed by atoms with Crippen LogP contribution in [-0.2, 0) is 6.42 Å². The topological polar surface area (TPSA) is 64.5 Å². The zero-order chi connectivity index (χ0) is 19.1. The summed E-state index contributed by atoms with van der Waals surface area (Å²) in [6.45, 7) is 1.27. The highest BCUT2D eigenvalue weighted by Crippen LogP contribution is 2.20. The van der Waals surface area contributed by atoms with E-state index in [1.54, 1.807) is 24.3 Å². The SMILES string of the molecule is Oc1ccc(Nc2ccc(CCNC[C@H](O)c3cccc(Cl)c3)cc2)cc1. The first-order valence-corrected chi connectivity index (χ1v) is 9.27. The number of aliphatic hydroxyl groups is 1. The highest BCUT2D eigenvalue weighted by Gasteiger charge is 2.07. The highest BCUT2D eigenvalue weighted by molar-refractivity contribution is 6.30. The largest absolute Gasteiger partial charge is 0.508 e. The Morgan fingerprint density at radius 2 is 1.56 bits per heavy atom. The molecular weight excluding hydrogens is 360 g/mol. The molecule has 0 heterocycles. The van der Waals surface area contributed by atoms with Crippen LogP contribution in [0, 0.1) is 0 Å². The molecule has 27 heavy (non-hydrogen) atoms. The molecule has 0 unspecified atom stereocenters. The van der Waals surface area contributed by atoms with Crippen LogP contribution >= 0.6 is 11.6 Å². The Labute approximate surface area is 164 Å². The van der Waals surface area contributed by atoms with E-state index in [-0.39, 0.29) is 5.75 Å². The number of aliphatic hydroxyl groups excluding tert-OH is 1. The van der Waals surface area contributed by atoms with Crippen LogP contribution in [0.4, 0.5) is 11.4 Å². The fraction of sp³-hybridized carbons (Fsp3) is 0.182. The molecule has 5 heteroatoms. The van der Waals surface area contributed by atoms with E-state index >= 15 is 0 Å². The van der Waals surface area contributed by atoms with Gasteiger partial charge in [-0.25, -0.2) is 0 Å². The van der Waals surface area contributed by atoms with Crippen molar-refractivity contribution in [3.8, 4) is 5.75 Å². The highest BCUT2D eigenvalue weighted by atomic mass is 35.5. The van der Waals surface area contributed by atoms with Crippen molar-refractivity contribution in [3.63, 3.8) is 0 Å². The number of benzene rings is 3. The monoisotopic (exact) mass is 382 g/mol. The Kier molecular flexibility index (Phi) is 6.71. The first kappa shape index (κ1) is 19.2. The lowest BCUT2D eigenvalue weighted by Gasteiger charge is -2.13. The summed E-state index contributed by atoms with van der Waals surface area (Å²) in [6, 6.07) is 22.5. The molecule has 140 valence electrons. The van der Waals surface area contributed by atoms with Crippen molar-refractivity contribution < 1.29 is 10.2 Å². The smallest absolute Gasteiger partial charge is 0.115 e. The van der Waals surface area contributed by atoms with Crippen molar-refractivity contribution in [3.05, 3.63) is 88.9 Å². The molecular formula is C22H23ClN2O2. The number of rotatable bonds is 8. The summed E-state index contributed by atoms with van der Waals surface area (Å²) < 4.78 is 0. The Bertz CT molecular complexity index is 851. The summed E-state index contributed by atoms with van der Waals surface area (Å²) in [5, 5.41) is 26.7. The summed E-state index contributed by atoms with van der Waals surface area (Å²) >= 11 is 5.95. The number of nitrogens with one attached hydrogen (secondary N) is 2. The van der Waals surface area contributed by atoms with Gasteiger partial charge in [0, 0.05) is 22.9 Å². The third-order valence-corrected chi connectivity index (χ3v) is 4.51. The summed E-state index contributed by atoms with van der Waals surface area (Å²) in [5.41, 5.74) is 3.96. The Morgan fingerprint density at radius 3 is 2.22 bits per heavy atom. The summed E-state index contributed by atoms with van der Waals surface area (Å²) in [6.07, 6.45) is 0.308. The predicted molar refractivity (Wildman–Crippen MR) is 111 cm³/mol. The molecule has 0 aromatic heterocycles. The Balaban J connectivity index is 1.43. The molecule has 0 saturated heterocycles. The second-order valence-corrected chi connectivity index (χ2v) is 6.83. The normalized spacial score (nSPS) is 11.9. The zero-order valence-corrected chi connectivity index (χ0v) is 15.7. The van der Waals surface area contributed by atoms with E-state index in [4.69, 9.17) is 11.6 Å². The Hall–Kier alpha value is -2.53. The summed E-state index contributed by atoms with van der Waals surface area (Å²) in [7, 11) is 0. The molecule has 0 aliphatic rings. The van der Waals surface area contributed by atoms with Crippen molar-refractivity contribution >= 4 is 23.0 Å². The van der Waals surface area contributed by atoms with Crippen molar-refractivity contribution in [1.29, 1.82) is 0 Å². The van der Waals surface area contributed by atoms with Gasteiger partial charge in [-0.15, -0.1) is 0 Å². The van der Waals surface area contributed by atoms with Crippen molar-refractivity contribution in [2.24, 2.45) is 0 Å². The molecule has 3 rings (SSSR count). The molecule has 0 amide bonds. The minimum Gasteiger partial charge on any atom is -0.508 e. The second kappa shape index (κ2) is 9.42. The quantitative estimate of drug-likeness (QED) is 0.338. The molecule has 4 N–H and O–H groups in total. The fourth-order valence-corrected chi connectivity index (χ4v) is 2.97. The lowest BCUT2D eigenvalue weighted by atomic mass is 10.1. The van der Waals surface area contributed by atoms with Crippen LogP contribution in [0.3, 0.4) is 0 Å². The minimum atomic E-state index is -0.569. The van der Waals surface area contributed by atoms with Crippen molar-refractivity contribution in [2.75, 3.05) is 18.4 Å². The first-order valence-electron chi connectivity index (χ1n) is 8.89. The first-order chi connectivity index (χ1) is 13.1. The zero-order valence-electron chi connectivity index (χ0n) is 14.9. The predicted octanol–water partition coefficient (Wildman–Crippen LogP) is 4.65. The van der Waals surface area contributed by atoms with E-state index in [9.17, 15) is 10.2 Å². The molecule has 3 aromatic carbocycles. The maximum absolute atomic E-state index is 10.2. The lowest BCUT2D eigenvalue weighted by Crippen LogP contribution is -2.23. The molecule has 3 aromatic rings. The number of hydrogen-bond donors (Lipinski definition) is 4. The number of aromatic hydroxyl groups is 1. The van der Waals surface area contributed by atoms with E-state index in [0.717, 1.165) is 29.9 Å². The van der Waals surface area contributed by atoms with Crippen LogP contribution < -0.4 is 10.6 Å². The van der Waals surface area contributed by atoms with Gasteiger partial charge in [-0.2, -0.15) is 0 Å². The molecule has 1 atom stereocenters. The third kappa shape index (κ3) is 6.00. The van der Waals surface area contributed by atoms with Crippen LogP contribution in [0.25, 0.3) is 0 Å². The standard InChI is InChI=1S/C22H23ClN2O2/c23-18-3-1-2-17(14-18)22(27)15-24-13-12-16-4-6-19(7-5-16)25-20-8-10-21(26)11-9-20/h1-11,14,22,24-27H,12-13,15H2/t22-/m0/s1. The maximum Gasteiger partial charge on any atom is 0.115 e. The number of hydrogen-bond acceptors (Lipinski definition) is 4. The van der Waals surface area contributed by atoms with E-state index in [0.29, 0.717) is 11.6 Å². The molecule has 0 spiro atoms. The lowest BCUT2D eigenvalue weighted by molar-refractivity contribution is 0.175. The maximum atomic E-state index is 10.2. The number of halogens is 1. The van der Waals surface area contributed by atoms with E-state index in [1.165, 1.54) is 5.56 Å².